The van der Waals surface area contributed by atoms with Crippen LogP contribution in [0.4, 0.5) is 56.9 Å². The molecule has 52 heteroatoms. The molecule has 0 radical (unpaired) electrons. The minimum Gasteiger partial charge on any atom is -0.484 e. The van der Waals surface area contributed by atoms with Gasteiger partial charge in [0.15, 0.2) is 24.5 Å². The summed E-state index contributed by atoms with van der Waals surface area (Å²) < 4.78 is 50.4. The van der Waals surface area contributed by atoms with E-state index in [1.807, 2.05) is 51.6 Å². The molecule has 7 N–H and O–H groups in total. The van der Waals surface area contributed by atoms with Crippen molar-refractivity contribution in [3.05, 3.63) is 196 Å². The summed E-state index contributed by atoms with van der Waals surface area (Å²) in [5.41, 5.74) is 15.2. The number of thiocarbonyl (C=S) groups is 1. The maximum Gasteiger partial charge on any atom is 0.271 e. The number of amidine groups is 1. The number of nitro benzene ring substituents is 5. The fourth-order valence-electron chi connectivity index (χ4n) is 9.01. The first-order chi connectivity index (χ1) is 54.4. The quantitative estimate of drug-likeness (QED) is 0.0169. The van der Waals surface area contributed by atoms with Crippen molar-refractivity contribution in [1.29, 1.82) is 0 Å². The number of nitrogens with two attached hydrogens (primary N) is 2. The van der Waals surface area contributed by atoms with Crippen molar-refractivity contribution < 1.29 is 72.0 Å². The number of thioether (sulfide) groups is 1. The lowest BCUT2D eigenvalue weighted by Crippen LogP contribution is -2.27. The van der Waals surface area contributed by atoms with Crippen LogP contribution in [-0.4, -0.2) is 145 Å². The highest BCUT2D eigenvalue weighted by Crippen LogP contribution is 2.69. The Hall–Kier alpha value is -8.44. The molecule has 0 aliphatic carbocycles. The minimum atomic E-state index is -0.527. The third kappa shape index (κ3) is 29.7. The van der Waals surface area contributed by atoms with Gasteiger partial charge in [-0.25, -0.2) is 15.0 Å². The number of nitrogen functional groups attached to an aromatic ring is 1. The highest BCUT2D eigenvalue weighted by molar-refractivity contribution is 8.87. The molecule has 0 fully saturated rings. The van der Waals surface area contributed by atoms with E-state index in [0.29, 0.717) is 114 Å². The zero-order valence-corrected chi connectivity index (χ0v) is 72.3. The highest BCUT2D eigenvalue weighted by atomic mass is 33.4. The van der Waals surface area contributed by atoms with Gasteiger partial charge in [0.2, 0.25) is 0 Å². The molecule has 2 aromatic heterocycles. The number of methoxy groups -OCH3 is 3. The van der Waals surface area contributed by atoms with E-state index in [9.17, 15) is 55.4 Å². The molecular weight excluding hydrogens is 1800 g/mol. The van der Waals surface area contributed by atoms with E-state index >= 15 is 0 Å². The average molecular weight is 1860 g/mol. The van der Waals surface area contributed by atoms with Crippen molar-refractivity contribution in [2.45, 2.75) is 40.0 Å². The predicted molar refractivity (Wildman–Crippen MR) is 474 cm³/mol. The summed E-state index contributed by atoms with van der Waals surface area (Å²) in [6.45, 7) is 4.61. The summed E-state index contributed by atoms with van der Waals surface area (Å²) >= 11 is 21.0. The van der Waals surface area contributed by atoms with Gasteiger partial charge in [-0.05, 0) is 136 Å². The Kier molecular flexibility index (Phi) is 41.0. The molecule has 1 atom stereocenters. The van der Waals surface area contributed by atoms with Gasteiger partial charge in [-0.1, -0.05) is 43.3 Å². The van der Waals surface area contributed by atoms with Crippen molar-refractivity contribution >= 4 is 228 Å². The van der Waals surface area contributed by atoms with Gasteiger partial charge in [0.25, 0.3) is 34.3 Å². The number of nitrogens with one attached hydrogen (secondary N) is 3. The SMILES string of the molecule is C.COC(C)CN=C1COc2ccc([N+](=O)[O-])cc2N1.COC(CN)OC.CSC1=Nc2cc([N+](=O)[O-])ccc2OC1.Nc1ccc2c(c1)-n1ccnc1CO2.O=C1COc2ccc([N+](=O)[O-])cc2N1.O=[N+]([O-])c1ccc2c(c1)-n1ccnc1CO2.O=[N+]([O-])c1ccc2c(c1)NC(=S)CO2.S=PP(P=S)P=S=S=S=S=S=S=S=S. The molecule has 1 unspecified atom stereocenters. The monoisotopic (exact) mass is 1860 g/mol. The van der Waals surface area contributed by atoms with Crippen LogP contribution in [0.5, 0.6) is 34.5 Å². The highest BCUT2D eigenvalue weighted by Gasteiger charge is 2.24. The smallest absolute Gasteiger partial charge is 0.271 e. The lowest BCUT2D eigenvalue weighted by molar-refractivity contribution is -0.385. The van der Waals surface area contributed by atoms with Crippen LogP contribution in [-0.2, 0) is 130 Å². The van der Waals surface area contributed by atoms with Crippen LogP contribution < -0.4 is 55.8 Å². The Morgan fingerprint density at radius 3 is 1.54 bits per heavy atom. The number of nitrogens with zero attached hydrogens (tertiary/aromatic N) is 11. The summed E-state index contributed by atoms with van der Waals surface area (Å²) in [7, 11) is 20.0. The molecular formula is C62H66N16O20P4S12. The molecule has 8 heterocycles. The molecule has 606 valence electrons. The van der Waals surface area contributed by atoms with Crippen LogP contribution in [0.15, 0.2) is 144 Å². The Morgan fingerprint density at radius 2 is 1.04 bits per heavy atom. The fraction of sp³-hybridized carbons (Fsp3) is 0.258. The lowest BCUT2D eigenvalue weighted by atomic mass is 10.2. The number of aromatic nitrogens is 4. The van der Waals surface area contributed by atoms with Gasteiger partial charge >= 0.3 is 0 Å². The van der Waals surface area contributed by atoms with Crippen LogP contribution >= 0.6 is 52.1 Å². The molecule has 0 saturated heterocycles. The molecule has 6 aliphatic heterocycles. The molecule has 0 bridgehead atoms. The van der Waals surface area contributed by atoms with Crippen molar-refractivity contribution in [2.75, 3.05) is 88.8 Å². The molecule has 8 aromatic rings. The molecule has 6 aliphatic rings. The number of nitro groups is 5. The van der Waals surface area contributed by atoms with Crippen molar-refractivity contribution in [1.82, 2.24) is 19.1 Å². The number of carbonyl (C=O) groups excluding carboxylic acids is 1. The number of anilines is 4. The van der Waals surface area contributed by atoms with Gasteiger partial charge in [-0.3, -0.25) is 69.5 Å². The first-order valence-electron chi connectivity index (χ1n) is 31.3. The van der Waals surface area contributed by atoms with Crippen LogP contribution in [0, 0.1) is 50.6 Å². The van der Waals surface area contributed by atoms with Crippen LogP contribution in [0.2, 0.25) is 0 Å². The first-order valence-corrected chi connectivity index (χ1v) is 51.5. The minimum absolute atomic E-state index is 0. The number of hydrogen-bond acceptors (Lipinski definition) is 31. The number of amides is 1. The maximum atomic E-state index is 10.9. The zero-order chi connectivity index (χ0) is 81.9. The molecule has 36 nitrogen and oxygen atoms in total. The summed E-state index contributed by atoms with van der Waals surface area (Å²) in [6.07, 6.45) is 8.76. The van der Waals surface area contributed by atoms with E-state index in [-0.39, 0.29) is 67.8 Å². The summed E-state index contributed by atoms with van der Waals surface area (Å²) in [4.78, 5) is 78.8. The number of fused-ring (bicyclic) bond motifs is 10. The first kappa shape index (κ1) is 94.4. The Labute approximate surface area is 700 Å². The van der Waals surface area contributed by atoms with Crippen molar-refractivity contribution in [3.8, 4) is 45.9 Å². The number of rotatable bonds is 14. The molecule has 114 heavy (non-hydrogen) atoms. The van der Waals surface area contributed by atoms with Crippen molar-refractivity contribution in [2.24, 2.45) is 15.7 Å². The van der Waals surface area contributed by atoms with Gasteiger partial charge in [0, 0.05) is 140 Å². The third-order valence-electron chi connectivity index (χ3n) is 14.3. The predicted octanol–water partition coefficient (Wildman–Crippen LogP) is 13.5. The lowest BCUT2D eigenvalue weighted by Gasteiger charge is -2.20. The molecule has 1 amide bonds. The van der Waals surface area contributed by atoms with Crippen molar-refractivity contribution in [3.63, 3.8) is 0 Å². The summed E-state index contributed by atoms with van der Waals surface area (Å²) in [6, 6.07) is 27.4. The number of benzene rings is 6. The maximum absolute atomic E-state index is 10.9. The summed E-state index contributed by atoms with van der Waals surface area (Å²) in [5, 5.41) is 62.0. The van der Waals surface area contributed by atoms with E-state index < -0.39 is 24.6 Å². The van der Waals surface area contributed by atoms with Crippen LogP contribution in [0.3, 0.4) is 0 Å². The van der Waals surface area contributed by atoms with Crippen LogP contribution in [0.1, 0.15) is 26.0 Å². The van der Waals surface area contributed by atoms with E-state index in [2.05, 4.69) is 35.9 Å². The second-order valence-corrected chi connectivity index (χ2v) is 48.7. The molecule has 14 rings (SSSR count). The number of hydrogen-bond donors (Lipinski definition) is 5. The molecule has 6 aromatic carbocycles. The van der Waals surface area contributed by atoms with E-state index in [1.54, 1.807) is 113 Å². The van der Waals surface area contributed by atoms with Gasteiger partial charge in [0.05, 0.1) is 72.7 Å². The molecule has 0 saturated carbocycles. The number of carbonyl (C=O) groups is 1. The summed E-state index contributed by atoms with van der Waals surface area (Å²) in [5.74, 6) is 5.69. The molecule has 0 spiro atoms. The zero-order valence-electron chi connectivity index (χ0n) is 58.9. The van der Waals surface area contributed by atoms with Gasteiger partial charge in [-0.15, -0.1) is 11.8 Å². The number of aliphatic imine (C=N–C) groups is 2. The standard InChI is InChI=1S/C12H15N3O4.C10H7N3O3.C10H9N3O.C9H8N2O3S.C8H6N2O4.C8H6N2O3S.C4H11NO2.CH4.P4S10/c1-8(18-2)6-13-12-7-19-11-4-3-9(15(16)17)5-10(11)14-12;14-13(15)7-1-2-9-8(5-7)12-4-3-11-10(12)6-16-9;11-7-1-2-9-8(5-7)13-4-3-12-10(13)6-14-9;1-15-9-5-14-8-3-2-6(11(12)13)4-7(8)10-9;11-8-4-14-7-2-1-5(10(12)13)3-6(7)9-8;11-10(12)5-1-2-7-6(3-5)9-8(14)4-13-7;1-6-4(3-5)7-2;;5-1-4(2-6)3-8-10-12-14-13-11-9-7/h3-5,8H,6-7H2,1-2H3,(H,13,14);1-5H,6H2;1-5H,6,11H2;2-4H,5H2,1H3;1-3H,4H2,(H,9,11);1-3H,4H2,(H,9,14);4H,3,5H2,1-2H3;1H4;. The number of imidazole rings is 2. The van der Waals surface area contributed by atoms with Crippen LogP contribution in [0.25, 0.3) is 11.4 Å². The number of non-ortho nitro benzene ring substituents is 5. The second kappa shape index (κ2) is 49.5. The van der Waals surface area contributed by atoms with Gasteiger partial charge in [-0.2, -0.15) is 0 Å². The topological polar surface area (TPSA) is 464 Å². The van der Waals surface area contributed by atoms with Gasteiger partial charge in [0.1, 0.15) is 89.1 Å². The third-order valence-corrected chi connectivity index (χ3v) is 48.9. The Balaban J connectivity index is 0.000000204. The van der Waals surface area contributed by atoms with Gasteiger partial charge < -0.3 is 70.0 Å². The largest absolute Gasteiger partial charge is 0.484 e. The normalized spacial score (nSPS) is 13.5. The van der Waals surface area contributed by atoms with E-state index in [4.69, 9.17) is 101 Å². The number of ether oxygens (including phenoxy) is 9. The Morgan fingerprint density at radius 1 is 0.588 bits per heavy atom. The Bertz CT molecular complexity index is 5180. The van der Waals surface area contributed by atoms with E-state index in [1.165, 1.54) is 94.4 Å². The fourth-order valence-corrected chi connectivity index (χ4v) is 44.9. The second-order valence-electron chi connectivity index (χ2n) is 21.4. The van der Waals surface area contributed by atoms with E-state index in [0.717, 1.165) is 47.9 Å². The average Bonchev–Trinajstić information content (AvgIpc) is 1.61.